The highest BCUT2D eigenvalue weighted by molar-refractivity contribution is 7.98. The molecule has 1 atom stereocenters. The highest BCUT2D eigenvalue weighted by Gasteiger charge is 2.04. The number of hydrogen-bond donors (Lipinski definition) is 1. The minimum atomic E-state index is 0.598. The summed E-state index contributed by atoms with van der Waals surface area (Å²) in [6.07, 6.45) is 3.32. The van der Waals surface area contributed by atoms with Crippen LogP contribution >= 0.6 is 11.8 Å². The van der Waals surface area contributed by atoms with Crippen LogP contribution < -0.4 is 10.1 Å². The molecule has 0 spiro atoms. The van der Waals surface area contributed by atoms with Crippen molar-refractivity contribution in [3.05, 3.63) is 29.8 Å². The Labute approximate surface area is 103 Å². The molecule has 90 valence electrons. The van der Waals surface area contributed by atoms with Crippen LogP contribution in [0.15, 0.2) is 24.3 Å². The Morgan fingerprint density at radius 1 is 1.44 bits per heavy atom. The Morgan fingerprint density at radius 2 is 2.25 bits per heavy atom. The van der Waals surface area contributed by atoms with E-state index in [1.807, 2.05) is 23.9 Å². The van der Waals surface area contributed by atoms with Crippen LogP contribution in [-0.4, -0.2) is 25.2 Å². The Hall–Kier alpha value is -0.670. The first-order valence-electron chi connectivity index (χ1n) is 5.65. The first-order valence-corrected chi connectivity index (χ1v) is 7.04. The molecular formula is C13H21NOS. The van der Waals surface area contributed by atoms with Crippen LogP contribution in [0.25, 0.3) is 0 Å². The molecule has 3 heteroatoms. The summed E-state index contributed by atoms with van der Waals surface area (Å²) in [6, 6.07) is 8.81. The third-order valence-corrected chi connectivity index (χ3v) is 3.33. The van der Waals surface area contributed by atoms with Gasteiger partial charge in [-0.2, -0.15) is 11.8 Å². The average molecular weight is 239 g/mol. The molecule has 1 unspecified atom stereocenters. The SMILES string of the molecule is CCC(CSC)NCc1cccc(OC)c1. The summed E-state index contributed by atoms with van der Waals surface area (Å²) in [4.78, 5) is 0. The summed E-state index contributed by atoms with van der Waals surface area (Å²) in [5.41, 5.74) is 1.28. The highest BCUT2D eigenvalue weighted by atomic mass is 32.2. The summed E-state index contributed by atoms with van der Waals surface area (Å²) in [6.45, 7) is 3.13. The molecule has 0 aliphatic carbocycles. The lowest BCUT2D eigenvalue weighted by Gasteiger charge is -2.15. The molecule has 0 aliphatic rings. The van der Waals surface area contributed by atoms with Crippen molar-refractivity contribution >= 4 is 11.8 Å². The summed E-state index contributed by atoms with van der Waals surface area (Å²) in [5, 5.41) is 3.56. The van der Waals surface area contributed by atoms with Gasteiger partial charge in [0, 0.05) is 18.3 Å². The molecule has 0 heterocycles. The van der Waals surface area contributed by atoms with Gasteiger partial charge in [0.15, 0.2) is 0 Å². The maximum Gasteiger partial charge on any atom is 0.119 e. The van der Waals surface area contributed by atoms with E-state index in [4.69, 9.17) is 4.74 Å². The second kappa shape index (κ2) is 7.58. The Morgan fingerprint density at radius 3 is 2.88 bits per heavy atom. The van der Waals surface area contributed by atoms with Gasteiger partial charge in [-0.1, -0.05) is 19.1 Å². The van der Waals surface area contributed by atoms with Gasteiger partial charge in [-0.05, 0) is 30.4 Å². The molecule has 1 aromatic carbocycles. The topological polar surface area (TPSA) is 21.3 Å². The summed E-state index contributed by atoms with van der Waals surface area (Å²) in [5.74, 6) is 2.10. The van der Waals surface area contributed by atoms with Gasteiger partial charge in [0.2, 0.25) is 0 Å². The molecule has 0 bridgehead atoms. The lowest BCUT2D eigenvalue weighted by atomic mass is 10.2. The van der Waals surface area contributed by atoms with Crippen LogP contribution in [-0.2, 0) is 6.54 Å². The largest absolute Gasteiger partial charge is 0.497 e. The molecular weight excluding hydrogens is 218 g/mol. The lowest BCUT2D eigenvalue weighted by molar-refractivity contribution is 0.413. The van der Waals surface area contributed by atoms with E-state index in [9.17, 15) is 0 Å². The minimum absolute atomic E-state index is 0.598. The Bertz CT molecular complexity index is 304. The molecule has 0 saturated carbocycles. The monoisotopic (exact) mass is 239 g/mol. The Balaban J connectivity index is 2.46. The molecule has 1 N–H and O–H groups in total. The predicted molar refractivity (Wildman–Crippen MR) is 72.3 cm³/mol. The van der Waals surface area contributed by atoms with E-state index in [1.54, 1.807) is 7.11 Å². The third kappa shape index (κ3) is 4.45. The number of ether oxygens (including phenoxy) is 1. The number of thioether (sulfide) groups is 1. The van der Waals surface area contributed by atoms with E-state index in [0.29, 0.717) is 6.04 Å². The molecule has 0 radical (unpaired) electrons. The summed E-state index contributed by atoms with van der Waals surface area (Å²) >= 11 is 1.89. The van der Waals surface area contributed by atoms with Crippen molar-refractivity contribution in [1.82, 2.24) is 5.32 Å². The maximum absolute atomic E-state index is 5.20. The first kappa shape index (κ1) is 13.4. The third-order valence-electron chi connectivity index (χ3n) is 2.59. The van der Waals surface area contributed by atoms with Crippen molar-refractivity contribution in [3.8, 4) is 5.75 Å². The Kier molecular flexibility index (Phi) is 6.34. The molecule has 0 amide bonds. The number of benzene rings is 1. The number of hydrogen-bond acceptors (Lipinski definition) is 3. The fraction of sp³-hybridized carbons (Fsp3) is 0.538. The van der Waals surface area contributed by atoms with Crippen LogP contribution in [0.1, 0.15) is 18.9 Å². The first-order chi connectivity index (χ1) is 7.80. The van der Waals surface area contributed by atoms with E-state index in [-0.39, 0.29) is 0 Å². The predicted octanol–water partition coefficient (Wildman–Crippen LogP) is 2.93. The van der Waals surface area contributed by atoms with Gasteiger partial charge in [0.25, 0.3) is 0 Å². The normalized spacial score (nSPS) is 12.4. The zero-order valence-electron chi connectivity index (χ0n) is 10.3. The van der Waals surface area contributed by atoms with Gasteiger partial charge < -0.3 is 10.1 Å². The van der Waals surface area contributed by atoms with E-state index < -0.39 is 0 Å². The number of nitrogens with one attached hydrogen (secondary N) is 1. The van der Waals surface area contributed by atoms with Gasteiger partial charge >= 0.3 is 0 Å². The van der Waals surface area contributed by atoms with Crippen molar-refractivity contribution in [2.75, 3.05) is 19.1 Å². The standard InChI is InChI=1S/C13H21NOS/c1-4-12(10-16-3)14-9-11-6-5-7-13(8-11)15-2/h5-8,12,14H,4,9-10H2,1-3H3. The zero-order valence-corrected chi connectivity index (χ0v) is 11.1. The van der Waals surface area contributed by atoms with Gasteiger partial charge in [-0.15, -0.1) is 0 Å². The summed E-state index contributed by atoms with van der Waals surface area (Å²) in [7, 11) is 1.70. The molecule has 16 heavy (non-hydrogen) atoms. The number of rotatable bonds is 7. The highest BCUT2D eigenvalue weighted by Crippen LogP contribution is 2.12. The smallest absolute Gasteiger partial charge is 0.119 e. The molecule has 1 rings (SSSR count). The molecule has 2 nitrogen and oxygen atoms in total. The van der Waals surface area contributed by atoms with Crippen molar-refractivity contribution in [2.24, 2.45) is 0 Å². The second-order valence-corrected chi connectivity index (χ2v) is 4.70. The van der Waals surface area contributed by atoms with E-state index in [2.05, 4.69) is 30.6 Å². The molecule has 0 saturated heterocycles. The van der Waals surface area contributed by atoms with Gasteiger partial charge in [-0.25, -0.2) is 0 Å². The van der Waals surface area contributed by atoms with E-state index in [0.717, 1.165) is 12.3 Å². The second-order valence-electron chi connectivity index (χ2n) is 3.79. The minimum Gasteiger partial charge on any atom is -0.497 e. The fourth-order valence-corrected chi connectivity index (χ4v) is 2.32. The molecule has 0 aromatic heterocycles. The van der Waals surface area contributed by atoms with Crippen LogP contribution in [0.4, 0.5) is 0 Å². The van der Waals surface area contributed by atoms with Gasteiger partial charge in [-0.3, -0.25) is 0 Å². The van der Waals surface area contributed by atoms with Crippen molar-refractivity contribution < 1.29 is 4.74 Å². The zero-order chi connectivity index (χ0) is 11.8. The molecule has 1 aromatic rings. The molecule has 0 fully saturated rings. The molecule has 0 aliphatic heterocycles. The quantitative estimate of drug-likeness (QED) is 0.790. The summed E-state index contributed by atoms with van der Waals surface area (Å²) < 4.78 is 5.20. The van der Waals surface area contributed by atoms with E-state index >= 15 is 0 Å². The van der Waals surface area contributed by atoms with Crippen LogP contribution in [0, 0.1) is 0 Å². The number of methoxy groups -OCH3 is 1. The van der Waals surface area contributed by atoms with Crippen LogP contribution in [0.5, 0.6) is 5.75 Å². The van der Waals surface area contributed by atoms with Crippen LogP contribution in [0.2, 0.25) is 0 Å². The maximum atomic E-state index is 5.20. The van der Waals surface area contributed by atoms with Crippen molar-refractivity contribution in [3.63, 3.8) is 0 Å². The van der Waals surface area contributed by atoms with Gasteiger partial charge in [0.1, 0.15) is 5.75 Å². The van der Waals surface area contributed by atoms with Gasteiger partial charge in [0.05, 0.1) is 7.11 Å². The van der Waals surface area contributed by atoms with Crippen molar-refractivity contribution in [1.29, 1.82) is 0 Å². The lowest BCUT2D eigenvalue weighted by Crippen LogP contribution is -2.30. The van der Waals surface area contributed by atoms with Crippen LogP contribution in [0.3, 0.4) is 0 Å². The van der Waals surface area contributed by atoms with E-state index in [1.165, 1.54) is 17.7 Å². The fourth-order valence-electron chi connectivity index (χ4n) is 1.57. The van der Waals surface area contributed by atoms with Crippen molar-refractivity contribution in [2.45, 2.75) is 25.9 Å². The average Bonchev–Trinajstić information content (AvgIpc) is 2.34.